The number of halogens is 1. The first-order valence-electron chi connectivity index (χ1n) is 9.63. The molecule has 1 fully saturated rings. The second-order valence-electron chi connectivity index (χ2n) is 7.27. The second kappa shape index (κ2) is 10.3. The van der Waals surface area contributed by atoms with Crippen LogP contribution in [-0.2, 0) is 20.7 Å². The average Bonchev–Trinajstić information content (AvgIpc) is 2.61. The lowest BCUT2D eigenvalue weighted by molar-refractivity contribution is -0.147. The largest absolute Gasteiger partial charge is 0.469 e. The van der Waals surface area contributed by atoms with Crippen molar-refractivity contribution in [2.75, 3.05) is 13.7 Å². The van der Waals surface area contributed by atoms with Gasteiger partial charge in [-0.15, -0.1) is 0 Å². The molecule has 0 saturated heterocycles. The zero-order chi connectivity index (χ0) is 18.9. The maximum atomic E-state index is 13.1. The molecule has 1 amide bonds. The summed E-state index contributed by atoms with van der Waals surface area (Å²) in [7, 11) is 1.37. The molecule has 0 spiro atoms. The van der Waals surface area contributed by atoms with Gasteiger partial charge in [-0.1, -0.05) is 51.2 Å². The minimum atomic E-state index is -0.359. The Morgan fingerprint density at radius 2 is 1.69 bits per heavy atom. The SMILES string of the molecule is COC(=O)C(C)CN(C(=O)Cc1ccc(F)cc1)C1CCCCCCC1. The van der Waals surface area contributed by atoms with Gasteiger partial charge in [0.25, 0.3) is 0 Å². The Hall–Kier alpha value is -1.91. The predicted octanol–water partition coefficient (Wildman–Crippen LogP) is 4.12. The van der Waals surface area contributed by atoms with Crippen LogP contribution in [0.5, 0.6) is 0 Å². The van der Waals surface area contributed by atoms with Gasteiger partial charge in [0.15, 0.2) is 0 Å². The first kappa shape index (κ1) is 20.4. The van der Waals surface area contributed by atoms with E-state index in [4.69, 9.17) is 4.74 Å². The highest BCUT2D eigenvalue weighted by atomic mass is 19.1. The van der Waals surface area contributed by atoms with E-state index < -0.39 is 0 Å². The lowest BCUT2D eigenvalue weighted by Gasteiger charge is -2.34. The van der Waals surface area contributed by atoms with Crippen molar-refractivity contribution >= 4 is 11.9 Å². The third-order valence-corrected chi connectivity index (χ3v) is 5.18. The molecule has 1 aromatic carbocycles. The summed E-state index contributed by atoms with van der Waals surface area (Å²) in [6, 6.07) is 6.20. The Morgan fingerprint density at radius 1 is 1.12 bits per heavy atom. The fraction of sp³-hybridized carbons (Fsp3) is 0.619. The lowest BCUT2D eigenvalue weighted by Crippen LogP contribution is -2.45. The lowest BCUT2D eigenvalue weighted by atomic mass is 9.94. The molecule has 0 aromatic heterocycles. The predicted molar refractivity (Wildman–Crippen MR) is 99.1 cm³/mol. The molecule has 1 aliphatic carbocycles. The van der Waals surface area contributed by atoms with E-state index in [2.05, 4.69) is 0 Å². The van der Waals surface area contributed by atoms with Gasteiger partial charge in [-0.05, 0) is 30.5 Å². The van der Waals surface area contributed by atoms with Gasteiger partial charge in [0.1, 0.15) is 5.82 Å². The van der Waals surface area contributed by atoms with Crippen molar-refractivity contribution in [1.82, 2.24) is 4.90 Å². The van der Waals surface area contributed by atoms with Crippen molar-refractivity contribution in [1.29, 1.82) is 0 Å². The summed E-state index contributed by atoms with van der Waals surface area (Å²) >= 11 is 0. The van der Waals surface area contributed by atoms with Crippen LogP contribution in [0.25, 0.3) is 0 Å². The number of methoxy groups -OCH3 is 1. The molecule has 144 valence electrons. The smallest absolute Gasteiger partial charge is 0.310 e. The van der Waals surface area contributed by atoms with Gasteiger partial charge in [-0.2, -0.15) is 0 Å². The van der Waals surface area contributed by atoms with Crippen LogP contribution >= 0.6 is 0 Å². The van der Waals surface area contributed by atoms with Crippen LogP contribution in [0.4, 0.5) is 4.39 Å². The standard InChI is InChI=1S/C21H30FNO3/c1-16(21(25)26-2)15-23(19-8-6-4-3-5-7-9-19)20(24)14-17-10-12-18(22)13-11-17/h10-13,16,19H,3-9,14-15H2,1-2H3. The Labute approximate surface area is 155 Å². The van der Waals surface area contributed by atoms with Gasteiger partial charge in [0.05, 0.1) is 19.4 Å². The highest BCUT2D eigenvalue weighted by Crippen LogP contribution is 2.23. The Balaban J connectivity index is 2.12. The van der Waals surface area contributed by atoms with Crippen LogP contribution in [0.3, 0.4) is 0 Å². The fourth-order valence-electron chi connectivity index (χ4n) is 3.65. The number of hydrogen-bond donors (Lipinski definition) is 0. The fourth-order valence-corrected chi connectivity index (χ4v) is 3.65. The van der Waals surface area contributed by atoms with Crippen molar-refractivity contribution < 1.29 is 18.7 Å². The Bertz CT molecular complexity index is 579. The Kier molecular flexibility index (Phi) is 8.07. The molecular weight excluding hydrogens is 333 g/mol. The van der Waals surface area contributed by atoms with Gasteiger partial charge >= 0.3 is 5.97 Å². The minimum Gasteiger partial charge on any atom is -0.469 e. The number of benzene rings is 1. The third kappa shape index (κ3) is 6.11. The van der Waals surface area contributed by atoms with Crippen molar-refractivity contribution in [3.63, 3.8) is 0 Å². The van der Waals surface area contributed by atoms with Crippen molar-refractivity contribution in [3.8, 4) is 0 Å². The summed E-state index contributed by atoms with van der Waals surface area (Å²) in [5.41, 5.74) is 0.790. The summed E-state index contributed by atoms with van der Waals surface area (Å²) in [5, 5.41) is 0. The molecule has 0 radical (unpaired) electrons. The monoisotopic (exact) mass is 363 g/mol. The number of esters is 1. The number of ether oxygens (including phenoxy) is 1. The van der Waals surface area contributed by atoms with Crippen LogP contribution in [0.15, 0.2) is 24.3 Å². The second-order valence-corrected chi connectivity index (χ2v) is 7.27. The van der Waals surface area contributed by atoms with E-state index in [1.165, 1.54) is 38.5 Å². The molecule has 5 heteroatoms. The maximum Gasteiger partial charge on any atom is 0.310 e. The molecule has 4 nitrogen and oxygen atoms in total. The van der Waals surface area contributed by atoms with Gasteiger partial charge in [0, 0.05) is 12.6 Å². The van der Waals surface area contributed by atoms with Crippen molar-refractivity contribution in [2.45, 2.75) is 64.3 Å². The molecule has 0 bridgehead atoms. The van der Waals surface area contributed by atoms with Crippen molar-refractivity contribution in [2.24, 2.45) is 5.92 Å². The zero-order valence-electron chi connectivity index (χ0n) is 15.9. The molecule has 1 atom stereocenters. The molecule has 1 aromatic rings. The normalized spacial score (nSPS) is 17.0. The molecule has 0 aliphatic heterocycles. The highest BCUT2D eigenvalue weighted by Gasteiger charge is 2.28. The van der Waals surface area contributed by atoms with E-state index in [0.717, 1.165) is 31.2 Å². The number of amides is 1. The summed E-state index contributed by atoms with van der Waals surface area (Å²) < 4.78 is 17.9. The van der Waals surface area contributed by atoms with Crippen LogP contribution in [0.2, 0.25) is 0 Å². The van der Waals surface area contributed by atoms with Gasteiger partial charge < -0.3 is 9.64 Å². The summed E-state index contributed by atoms with van der Waals surface area (Å²) in [6.07, 6.45) is 8.05. The number of carbonyl (C=O) groups excluding carboxylic acids is 2. The van der Waals surface area contributed by atoms with Crippen LogP contribution in [0, 0.1) is 11.7 Å². The van der Waals surface area contributed by atoms with Crippen LogP contribution in [-0.4, -0.2) is 36.5 Å². The molecule has 0 N–H and O–H groups in total. The molecule has 2 rings (SSSR count). The molecule has 1 aliphatic rings. The number of rotatable bonds is 6. The van der Waals surface area contributed by atoms with E-state index in [-0.39, 0.29) is 36.1 Å². The van der Waals surface area contributed by atoms with Crippen LogP contribution in [0.1, 0.15) is 57.4 Å². The van der Waals surface area contributed by atoms with E-state index >= 15 is 0 Å². The summed E-state index contributed by atoms with van der Waals surface area (Å²) in [4.78, 5) is 26.8. The summed E-state index contributed by atoms with van der Waals surface area (Å²) in [5.74, 6) is -0.964. The topological polar surface area (TPSA) is 46.6 Å². The zero-order valence-corrected chi connectivity index (χ0v) is 15.9. The summed E-state index contributed by atoms with van der Waals surface area (Å²) in [6.45, 7) is 2.17. The number of hydrogen-bond acceptors (Lipinski definition) is 3. The molecular formula is C21H30FNO3. The molecule has 1 unspecified atom stereocenters. The van der Waals surface area contributed by atoms with Crippen molar-refractivity contribution in [3.05, 3.63) is 35.6 Å². The van der Waals surface area contributed by atoms with E-state index in [1.807, 2.05) is 4.90 Å². The third-order valence-electron chi connectivity index (χ3n) is 5.18. The first-order valence-corrected chi connectivity index (χ1v) is 9.63. The highest BCUT2D eigenvalue weighted by molar-refractivity contribution is 5.80. The first-order chi connectivity index (χ1) is 12.5. The maximum absolute atomic E-state index is 13.1. The molecule has 1 saturated carbocycles. The van der Waals surface area contributed by atoms with Crippen LogP contribution < -0.4 is 0 Å². The van der Waals surface area contributed by atoms with Gasteiger partial charge in [-0.3, -0.25) is 9.59 Å². The van der Waals surface area contributed by atoms with Gasteiger partial charge in [0.2, 0.25) is 5.91 Å². The quantitative estimate of drug-likeness (QED) is 0.714. The van der Waals surface area contributed by atoms with Gasteiger partial charge in [-0.25, -0.2) is 4.39 Å². The molecule has 26 heavy (non-hydrogen) atoms. The van der Waals surface area contributed by atoms with E-state index in [1.54, 1.807) is 19.1 Å². The Morgan fingerprint density at radius 3 is 2.27 bits per heavy atom. The number of carbonyl (C=O) groups is 2. The van der Waals surface area contributed by atoms with E-state index in [0.29, 0.717) is 6.54 Å². The molecule has 0 heterocycles. The average molecular weight is 363 g/mol. The minimum absolute atomic E-state index is 0.00191. The number of nitrogens with zero attached hydrogens (tertiary/aromatic N) is 1. The van der Waals surface area contributed by atoms with E-state index in [9.17, 15) is 14.0 Å².